The third-order valence-electron chi connectivity index (χ3n) is 8.63. The lowest BCUT2D eigenvalue weighted by Gasteiger charge is -2.47. The summed E-state index contributed by atoms with van der Waals surface area (Å²) in [4.78, 5) is 25.7. The summed E-state index contributed by atoms with van der Waals surface area (Å²) < 4.78 is 88.1. The highest BCUT2D eigenvalue weighted by Crippen LogP contribution is 2.38. The van der Waals surface area contributed by atoms with Crippen LogP contribution in [0.2, 0.25) is 0 Å². The normalized spacial score (nSPS) is 21.4. The molecule has 8 nitrogen and oxygen atoms in total. The van der Waals surface area contributed by atoms with Crippen LogP contribution in [0.3, 0.4) is 0 Å². The van der Waals surface area contributed by atoms with E-state index in [2.05, 4.69) is 15.3 Å². The lowest BCUT2D eigenvalue weighted by Crippen LogP contribution is -2.57. The predicted octanol–water partition coefficient (Wildman–Crippen LogP) is 7.42. The van der Waals surface area contributed by atoms with E-state index in [1.54, 1.807) is 9.80 Å². The molecular formula is C31H41F6N5O3. The first-order valence-corrected chi connectivity index (χ1v) is 15.5. The van der Waals surface area contributed by atoms with Crippen molar-refractivity contribution in [2.45, 2.75) is 115 Å². The van der Waals surface area contributed by atoms with Gasteiger partial charge in [0.05, 0.1) is 35.8 Å². The van der Waals surface area contributed by atoms with Crippen molar-refractivity contribution < 1.29 is 41.0 Å². The van der Waals surface area contributed by atoms with Crippen molar-refractivity contribution in [3.8, 4) is 0 Å². The maximum atomic E-state index is 13.7. The summed E-state index contributed by atoms with van der Waals surface area (Å²) in [5.74, 6) is 0.128. The quantitative estimate of drug-likeness (QED) is 0.260. The molecule has 250 valence electrons. The Balaban J connectivity index is 1.68. The first-order chi connectivity index (χ1) is 21.3. The number of carbonyl (C=O) groups is 1. The van der Waals surface area contributed by atoms with E-state index in [1.165, 1.54) is 12.4 Å². The zero-order valence-corrected chi connectivity index (χ0v) is 25.5. The van der Waals surface area contributed by atoms with Gasteiger partial charge in [-0.15, -0.1) is 0 Å². The topological polar surface area (TPSA) is 90.8 Å². The van der Waals surface area contributed by atoms with Crippen LogP contribution in [0.15, 0.2) is 30.6 Å². The van der Waals surface area contributed by atoms with Crippen molar-refractivity contribution in [2.75, 3.05) is 23.4 Å². The predicted molar refractivity (Wildman–Crippen MR) is 157 cm³/mol. The van der Waals surface area contributed by atoms with Crippen LogP contribution < -0.4 is 10.2 Å². The van der Waals surface area contributed by atoms with Crippen molar-refractivity contribution in [3.05, 3.63) is 47.3 Å². The SMILES string of the molecule is CC[C@@H]1C[C@H](N(Cc2cc(C(F)(F)F)cc(C(F)(F)F)c2)c2ncc(NCCO)cn2)C[C@H](CC)N1C(=O)OC1CCCCC1. The number of alkyl halides is 6. The zero-order valence-electron chi connectivity index (χ0n) is 25.5. The molecule has 0 spiro atoms. The third-order valence-corrected chi connectivity index (χ3v) is 8.63. The van der Waals surface area contributed by atoms with Crippen molar-refractivity contribution in [1.82, 2.24) is 14.9 Å². The van der Waals surface area contributed by atoms with Gasteiger partial charge in [-0.1, -0.05) is 20.3 Å². The van der Waals surface area contributed by atoms with Crippen molar-refractivity contribution in [2.24, 2.45) is 0 Å². The summed E-state index contributed by atoms with van der Waals surface area (Å²) in [6, 6.07) is 0.617. The minimum Gasteiger partial charge on any atom is -0.446 e. The van der Waals surface area contributed by atoms with E-state index >= 15 is 0 Å². The van der Waals surface area contributed by atoms with Gasteiger partial charge in [0.25, 0.3) is 0 Å². The number of piperidine rings is 1. The number of hydrogen-bond donors (Lipinski definition) is 2. The zero-order chi connectivity index (χ0) is 32.8. The molecule has 2 aromatic rings. The van der Waals surface area contributed by atoms with Gasteiger partial charge in [-0.2, -0.15) is 26.3 Å². The molecule has 4 rings (SSSR count). The molecule has 0 radical (unpaired) electrons. The van der Waals surface area contributed by atoms with Crippen LogP contribution in [0.4, 0.5) is 42.8 Å². The van der Waals surface area contributed by atoms with Crippen LogP contribution in [-0.4, -0.2) is 63.4 Å². The molecular weight excluding hydrogens is 604 g/mol. The number of rotatable bonds is 10. The van der Waals surface area contributed by atoms with E-state index in [4.69, 9.17) is 9.84 Å². The number of halogens is 6. The summed E-state index contributed by atoms with van der Waals surface area (Å²) >= 11 is 0. The van der Waals surface area contributed by atoms with E-state index in [0.717, 1.165) is 44.2 Å². The molecule has 1 saturated heterocycles. The molecule has 1 saturated carbocycles. The highest BCUT2D eigenvalue weighted by Gasteiger charge is 2.42. The molecule has 0 bridgehead atoms. The minimum absolute atomic E-state index is 0.114. The van der Waals surface area contributed by atoms with Crippen molar-refractivity contribution in [1.29, 1.82) is 0 Å². The van der Waals surface area contributed by atoms with E-state index in [1.807, 2.05) is 13.8 Å². The van der Waals surface area contributed by atoms with Crippen LogP contribution in [-0.2, 0) is 23.6 Å². The number of aromatic nitrogens is 2. The van der Waals surface area contributed by atoms with E-state index in [-0.39, 0.29) is 61.6 Å². The maximum absolute atomic E-state index is 13.7. The molecule has 2 fully saturated rings. The number of benzene rings is 1. The first-order valence-electron chi connectivity index (χ1n) is 15.5. The summed E-state index contributed by atoms with van der Waals surface area (Å²) in [7, 11) is 0. The van der Waals surface area contributed by atoms with Gasteiger partial charge in [-0.05, 0) is 75.1 Å². The van der Waals surface area contributed by atoms with Crippen molar-refractivity contribution in [3.63, 3.8) is 0 Å². The number of aliphatic hydroxyl groups is 1. The molecule has 3 atom stereocenters. The molecule has 1 aromatic carbocycles. The fourth-order valence-corrected chi connectivity index (χ4v) is 6.35. The van der Waals surface area contributed by atoms with E-state index in [0.29, 0.717) is 31.4 Å². The fraction of sp³-hybridized carbons (Fsp3) is 0.645. The fourth-order valence-electron chi connectivity index (χ4n) is 6.35. The highest BCUT2D eigenvalue weighted by molar-refractivity contribution is 5.69. The number of likely N-dealkylation sites (tertiary alicyclic amines) is 1. The average Bonchev–Trinajstić information content (AvgIpc) is 3.01. The monoisotopic (exact) mass is 645 g/mol. The van der Waals surface area contributed by atoms with E-state index < -0.39 is 29.5 Å². The van der Waals surface area contributed by atoms with Gasteiger partial charge in [0.1, 0.15) is 6.10 Å². The third kappa shape index (κ3) is 8.92. The van der Waals surface area contributed by atoms with Gasteiger partial charge in [-0.25, -0.2) is 14.8 Å². The Morgan fingerprint density at radius 3 is 2.00 bits per heavy atom. The van der Waals surface area contributed by atoms with Crippen molar-refractivity contribution >= 4 is 17.7 Å². The summed E-state index contributed by atoms with van der Waals surface area (Å²) in [6.45, 7) is 3.66. The number of nitrogens with one attached hydrogen (secondary N) is 1. The second-order valence-corrected chi connectivity index (χ2v) is 11.8. The lowest BCUT2D eigenvalue weighted by atomic mass is 9.87. The molecule has 2 N–H and O–H groups in total. The molecule has 1 aliphatic heterocycles. The first kappa shape index (κ1) is 34.6. The molecule has 2 aliphatic rings. The average molecular weight is 646 g/mol. The van der Waals surface area contributed by atoms with Gasteiger partial charge in [-0.3, -0.25) is 0 Å². The molecule has 1 amide bonds. The second kappa shape index (κ2) is 14.9. The Morgan fingerprint density at radius 2 is 1.51 bits per heavy atom. The minimum atomic E-state index is -4.98. The summed E-state index contributed by atoms with van der Waals surface area (Å²) in [5, 5.41) is 12.0. The molecule has 1 aliphatic carbocycles. The molecule has 0 unspecified atom stereocenters. The Morgan fingerprint density at radius 1 is 0.956 bits per heavy atom. The Hall–Kier alpha value is -3.29. The largest absolute Gasteiger partial charge is 0.446 e. The number of aliphatic hydroxyl groups excluding tert-OH is 1. The van der Waals surface area contributed by atoms with Crippen LogP contribution in [0.25, 0.3) is 0 Å². The van der Waals surface area contributed by atoms with Crippen LogP contribution in [0.5, 0.6) is 0 Å². The smallest absolute Gasteiger partial charge is 0.416 e. The van der Waals surface area contributed by atoms with Gasteiger partial charge < -0.3 is 25.0 Å². The van der Waals surface area contributed by atoms with Gasteiger partial charge in [0.15, 0.2) is 0 Å². The van der Waals surface area contributed by atoms with E-state index in [9.17, 15) is 31.1 Å². The van der Waals surface area contributed by atoms with Crippen LogP contribution in [0, 0.1) is 0 Å². The maximum Gasteiger partial charge on any atom is 0.416 e. The Bertz CT molecular complexity index is 1210. The number of carbonyl (C=O) groups excluding carboxylic acids is 1. The highest BCUT2D eigenvalue weighted by atomic mass is 19.4. The number of anilines is 2. The Labute approximate surface area is 259 Å². The summed E-state index contributed by atoms with van der Waals surface area (Å²) in [6.07, 6.45) is -0.884. The molecule has 2 heterocycles. The second-order valence-electron chi connectivity index (χ2n) is 11.8. The number of ether oxygens (including phenoxy) is 1. The van der Waals surface area contributed by atoms with Gasteiger partial charge in [0, 0.05) is 31.2 Å². The summed E-state index contributed by atoms with van der Waals surface area (Å²) in [5.41, 5.74) is -2.49. The Kier molecular flexibility index (Phi) is 11.4. The lowest BCUT2D eigenvalue weighted by molar-refractivity contribution is -0.143. The molecule has 45 heavy (non-hydrogen) atoms. The van der Waals surface area contributed by atoms with Crippen LogP contribution in [0.1, 0.15) is 88.3 Å². The molecule has 14 heteroatoms. The number of amides is 1. The van der Waals surface area contributed by atoms with Crippen LogP contribution >= 0.6 is 0 Å². The standard InChI is InChI=1S/C31H41F6N5O3/c1-3-24-15-26(16-25(4-2)42(24)29(44)45-27-8-6-5-7-9-27)41(28-39-17-23(18-40-28)38-10-11-43)19-20-12-21(30(32,33)34)14-22(13-20)31(35,36)37/h12-14,17-18,24-27,38,43H,3-11,15-16,19H2,1-2H3/t24-,25+,26+. The molecule has 1 aromatic heterocycles. The number of hydrogen-bond acceptors (Lipinski definition) is 7. The van der Waals surface area contributed by atoms with Gasteiger partial charge in [0.2, 0.25) is 5.95 Å². The number of nitrogens with zero attached hydrogens (tertiary/aromatic N) is 4. The van der Waals surface area contributed by atoms with Gasteiger partial charge >= 0.3 is 18.4 Å².